The lowest BCUT2D eigenvalue weighted by molar-refractivity contribution is -0.137. The largest absolute Gasteiger partial charge is 0.507 e. The maximum absolute atomic E-state index is 13.5. The molecule has 1 atom stereocenters. The van der Waals surface area contributed by atoms with Gasteiger partial charge in [0.1, 0.15) is 11.4 Å². The molecule has 0 aromatic heterocycles. The van der Waals surface area contributed by atoms with Crippen LogP contribution in [0.1, 0.15) is 135 Å². The Morgan fingerprint density at radius 2 is 0.889 bits per heavy atom. The van der Waals surface area contributed by atoms with Crippen LogP contribution < -0.4 is 0 Å². The zero-order chi connectivity index (χ0) is 34.6. The van der Waals surface area contributed by atoms with Crippen LogP contribution in [0, 0.1) is 0 Å². The van der Waals surface area contributed by atoms with Crippen molar-refractivity contribution >= 4 is 6.21 Å². The SMILES string of the molecule is CC(N=Cc1cc(C(F)(F)F)ccc1O)C(O)(c1cc(C(C)(C)C)cc(C(C)(C)C)c1)c1cc(C(C)(C)C)cc(C(C)(C)C)c1. The molecule has 3 aromatic rings. The molecular formula is C39H52F3NO2. The van der Waals surface area contributed by atoms with Crippen molar-refractivity contribution in [3.05, 3.63) is 99.1 Å². The van der Waals surface area contributed by atoms with Crippen molar-refractivity contribution in [3.8, 4) is 5.75 Å². The molecule has 0 bridgehead atoms. The molecule has 0 aliphatic rings. The van der Waals surface area contributed by atoms with Crippen LogP contribution >= 0.6 is 0 Å². The van der Waals surface area contributed by atoms with E-state index in [0.717, 1.165) is 40.5 Å². The Balaban J connectivity index is 2.43. The fourth-order valence-corrected chi connectivity index (χ4v) is 5.21. The van der Waals surface area contributed by atoms with Gasteiger partial charge in [-0.3, -0.25) is 4.99 Å². The fraction of sp³-hybridized carbons (Fsp3) is 0.513. The minimum absolute atomic E-state index is 0.0725. The summed E-state index contributed by atoms with van der Waals surface area (Å²) < 4.78 is 40.5. The zero-order valence-corrected chi connectivity index (χ0v) is 29.3. The van der Waals surface area contributed by atoms with E-state index < -0.39 is 23.4 Å². The summed E-state index contributed by atoms with van der Waals surface area (Å²) in [5, 5.41) is 23.6. The van der Waals surface area contributed by atoms with Crippen LogP contribution in [0.15, 0.2) is 59.6 Å². The first-order valence-electron chi connectivity index (χ1n) is 15.6. The van der Waals surface area contributed by atoms with Gasteiger partial charge in [0, 0.05) is 11.8 Å². The van der Waals surface area contributed by atoms with E-state index in [1.165, 1.54) is 6.21 Å². The van der Waals surface area contributed by atoms with E-state index in [1.807, 2.05) is 24.3 Å². The number of phenolic OH excluding ortho intramolecular Hbond substituents is 1. The van der Waals surface area contributed by atoms with Crippen LogP contribution in [-0.2, 0) is 33.4 Å². The number of rotatable bonds is 5. The summed E-state index contributed by atoms with van der Waals surface area (Å²) in [6, 6.07) is 14.4. The molecule has 0 heterocycles. The number of hydrogen-bond acceptors (Lipinski definition) is 3. The standard InChI is InChI=1S/C39H52F3NO2/c1-24(43-23-25-16-26(39(40,41)42)14-15-33(25)44)38(45,31-19-27(34(2,3)4)17-28(20-31)35(5,6)7)32-21-29(36(8,9)10)18-30(22-32)37(11,12)13/h14-24,44-45H,1-13H3. The predicted octanol–water partition coefficient (Wildman–Crippen LogP) is 10.3. The second kappa shape index (κ2) is 11.9. The minimum Gasteiger partial charge on any atom is -0.507 e. The van der Waals surface area contributed by atoms with E-state index >= 15 is 0 Å². The highest BCUT2D eigenvalue weighted by molar-refractivity contribution is 5.84. The highest BCUT2D eigenvalue weighted by atomic mass is 19.4. The molecule has 1 unspecified atom stereocenters. The third kappa shape index (κ3) is 8.19. The van der Waals surface area contributed by atoms with Gasteiger partial charge in [0.15, 0.2) is 0 Å². The molecule has 3 aromatic carbocycles. The maximum Gasteiger partial charge on any atom is 0.416 e. The number of nitrogens with zero attached hydrogens (tertiary/aromatic N) is 1. The first-order chi connectivity index (χ1) is 20.1. The molecule has 246 valence electrons. The summed E-state index contributed by atoms with van der Waals surface area (Å²) in [5.41, 5.74) is 2.00. The lowest BCUT2D eigenvalue weighted by Gasteiger charge is -2.38. The van der Waals surface area contributed by atoms with Crippen molar-refractivity contribution in [3.63, 3.8) is 0 Å². The van der Waals surface area contributed by atoms with Crippen LogP contribution in [0.25, 0.3) is 0 Å². The second-order valence-electron chi connectivity index (χ2n) is 16.6. The fourth-order valence-electron chi connectivity index (χ4n) is 5.21. The van der Waals surface area contributed by atoms with Crippen molar-refractivity contribution in [2.45, 2.75) is 129 Å². The van der Waals surface area contributed by atoms with Gasteiger partial charge in [-0.1, -0.05) is 119 Å². The number of hydrogen-bond donors (Lipinski definition) is 2. The smallest absolute Gasteiger partial charge is 0.416 e. The topological polar surface area (TPSA) is 52.8 Å². The summed E-state index contributed by atoms with van der Waals surface area (Å²) in [4.78, 5) is 4.67. The van der Waals surface area contributed by atoms with Gasteiger partial charge in [0.2, 0.25) is 0 Å². The molecule has 0 aliphatic heterocycles. The molecule has 0 radical (unpaired) electrons. The normalized spacial score (nSPS) is 14.7. The molecule has 3 nitrogen and oxygen atoms in total. The summed E-state index contributed by atoms with van der Waals surface area (Å²) >= 11 is 0. The van der Waals surface area contributed by atoms with Gasteiger partial charge in [-0.2, -0.15) is 13.2 Å². The van der Waals surface area contributed by atoms with Gasteiger partial charge >= 0.3 is 6.18 Å². The minimum atomic E-state index is -4.57. The summed E-state index contributed by atoms with van der Waals surface area (Å²) in [5.74, 6) is -0.322. The molecule has 0 aliphatic carbocycles. The van der Waals surface area contributed by atoms with E-state index in [9.17, 15) is 23.4 Å². The van der Waals surface area contributed by atoms with Gasteiger partial charge < -0.3 is 10.2 Å². The first kappa shape index (κ1) is 36.3. The Morgan fingerprint density at radius 3 is 1.20 bits per heavy atom. The van der Waals surface area contributed by atoms with Crippen molar-refractivity contribution in [1.82, 2.24) is 0 Å². The van der Waals surface area contributed by atoms with Crippen molar-refractivity contribution in [2.75, 3.05) is 0 Å². The summed E-state index contributed by atoms with van der Waals surface area (Å²) in [6.45, 7) is 27.4. The number of aromatic hydroxyl groups is 1. The molecule has 6 heteroatoms. The van der Waals surface area contributed by atoms with Crippen LogP contribution in [0.5, 0.6) is 5.75 Å². The Bertz CT molecular complexity index is 1420. The summed E-state index contributed by atoms with van der Waals surface area (Å²) in [7, 11) is 0. The monoisotopic (exact) mass is 623 g/mol. The van der Waals surface area contributed by atoms with E-state index in [0.29, 0.717) is 11.1 Å². The molecule has 3 rings (SSSR count). The first-order valence-corrected chi connectivity index (χ1v) is 15.6. The Kier molecular flexibility index (Phi) is 9.62. The van der Waals surface area contributed by atoms with Crippen LogP contribution in [0.3, 0.4) is 0 Å². The van der Waals surface area contributed by atoms with E-state index in [2.05, 4.69) is 100 Å². The lowest BCUT2D eigenvalue weighted by Crippen LogP contribution is -2.39. The molecule has 0 saturated heterocycles. The molecule has 0 saturated carbocycles. The maximum atomic E-state index is 13.5. The molecular weight excluding hydrogens is 571 g/mol. The van der Waals surface area contributed by atoms with E-state index in [4.69, 9.17) is 0 Å². The van der Waals surface area contributed by atoms with Crippen LogP contribution in [0.4, 0.5) is 13.2 Å². The van der Waals surface area contributed by atoms with Crippen molar-refractivity contribution < 1.29 is 23.4 Å². The zero-order valence-electron chi connectivity index (χ0n) is 29.3. The molecule has 0 spiro atoms. The number of aliphatic imine (C=N–C) groups is 1. The Hall–Kier alpha value is -3.12. The average molecular weight is 624 g/mol. The van der Waals surface area contributed by atoms with E-state index in [1.54, 1.807) is 6.92 Å². The molecule has 0 amide bonds. The van der Waals surface area contributed by atoms with Gasteiger partial charge in [-0.05, 0) is 80.2 Å². The average Bonchev–Trinajstić information content (AvgIpc) is 2.88. The predicted molar refractivity (Wildman–Crippen MR) is 181 cm³/mol. The third-order valence-electron chi connectivity index (χ3n) is 8.61. The summed E-state index contributed by atoms with van der Waals surface area (Å²) in [6.07, 6.45) is -3.34. The number of aliphatic hydroxyl groups is 1. The lowest BCUT2D eigenvalue weighted by atomic mass is 9.71. The Labute approximate surface area is 268 Å². The van der Waals surface area contributed by atoms with Gasteiger partial charge in [-0.15, -0.1) is 0 Å². The molecule has 0 fully saturated rings. The number of halogens is 3. The van der Waals surface area contributed by atoms with Gasteiger partial charge in [0.05, 0.1) is 11.6 Å². The second-order valence-corrected chi connectivity index (χ2v) is 16.6. The number of phenols is 1. The number of alkyl halides is 3. The molecule has 45 heavy (non-hydrogen) atoms. The quantitative estimate of drug-likeness (QED) is 0.278. The van der Waals surface area contributed by atoms with E-state index in [-0.39, 0.29) is 33.0 Å². The third-order valence-corrected chi connectivity index (χ3v) is 8.61. The highest BCUT2D eigenvalue weighted by Gasteiger charge is 2.41. The Morgan fingerprint density at radius 1 is 0.556 bits per heavy atom. The number of benzene rings is 3. The highest BCUT2D eigenvalue weighted by Crippen LogP contribution is 2.43. The van der Waals surface area contributed by atoms with Gasteiger partial charge in [-0.25, -0.2) is 0 Å². The van der Waals surface area contributed by atoms with Crippen molar-refractivity contribution in [2.24, 2.45) is 4.99 Å². The molecule has 2 N–H and O–H groups in total. The van der Waals surface area contributed by atoms with Gasteiger partial charge in [0.25, 0.3) is 0 Å². The van der Waals surface area contributed by atoms with Crippen LogP contribution in [0.2, 0.25) is 0 Å². The van der Waals surface area contributed by atoms with Crippen LogP contribution in [-0.4, -0.2) is 22.5 Å². The van der Waals surface area contributed by atoms with Crippen molar-refractivity contribution in [1.29, 1.82) is 0 Å².